The molecule has 0 radical (unpaired) electrons. The fraction of sp³-hybridized carbons (Fsp3) is 0.417. The van der Waals surface area contributed by atoms with Crippen molar-refractivity contribution in [1.82, 2.24) is 0 Å². The number of rotatable bonds is 4. The minimum absolute atomic E-state index is 0.127. The Morgan fingerprint density at radius 2 is 2.20 bits per heavy atom. The van der Waals surface area contributed by atoms with Crippen LogP contribution in [0, 0.1) is 5.92 Å². The molecule has 0 N–H and O–H groups in total. The van der Waals surface area contributed by atoms with E-state index in [2.05, 4.69) is 29.8 Å². The van der Waals surface area contributed by atoms with Crippen LogP contribution in [0.4, 0.5) is 0 Å². The van der Waals surface area contributed by atoms with Gasteiger partial charge in [-0.1, -0.05) is 47.8 Å². The van der Waals surface area contributed by atoms with Crippen molar-refractivity contribution in [1.29, 1.82) is 0 Å². The first-order valence-corrected chi connectivity index (χ1v) is 6.20. The molecule has 0 fully saturated rings. The van der Waals surface area contributed by atoms with E-state index in [0.29, 0.717) is 22.9 Å². The monoisotopic (exact) mass is 288 g/mol. The summed E-state index contributed by atoms with van der Waals surface area (Å²) in [4.78, 5) is 11.8. The van der Waals surface area contributed by atoms with Gasteiger partial charge in [-0.25, -0.2) is 0 Å². The summed E-state index contributed by atoms with van der Waals surface area (Å²) in [6, 6.07) is 5.37. The summed E-state index contributed by atoms with van der Waals surface area (Å²) < 4.78 is 0.896. The third kappa shape index (κ3) is 3.62. The predicted molar refractivity (Wildman–Crippen MR) is 67.6 cm³/mol. The number of ketones is 1. The lowest BCUT2D eigenvalue weighted by atomic mass is 9.98. The topological polar surface area (TPSA) is 17.1 Å². The zero-order chi connectivity index (χ0) is 11.4. The van der Waals surface area contributed by atoms with Crippen LogP contribution in [0.25, 0.3) is 0 Å². The Morgan fingerprint density at radius 1 is 1.53 bits per heavy atom. The third-order valence-corrected chi connectivity index (χ3v) is 3.27. The average molecular weight is 290 g/mol. The Balaban J connectivity index is 2.82. The number of benzene rings is 1. The second-order valence-corrected chi connectivity index (χ2v) is 5.09. The maximum Gasteiger partial charge on any atom is 0.164 e. The minimum Gasteiger partial charge on any atom is -0.294 e. The van der Waals surface area contributed by atoms with Gasteiger partial charge < -0.3 is 0 Å². The van der Waals surface area contributed by atoms with Gasteiger partial charge in [-0.3, -0.25) is 4.79 Å². The number of carbonyl (C=O) groups is 1. The molecule has 1 rings (SSSR count). The van der Waals surface area contributed by atoms with Crippen molar-refractivity contribution in [2.45, 2.75) is 26.7 Å². The average Bonchev–Trinajstić information content (AvgIpc) is 2.17. The number of halogens is 2. The molecule has 0 bridgehead atoms. The van der Waals surface area contributed by atoms with Crippen molar-refractivity contribution < 1.29 is 4.79 Å². The van der Waals surface area contributed by atoms with Crippen LogP contribution in [0.2, 0.25) is 5.02 Å². The molecule has 0 heterocycles. The predicted octanol–water partition coefficient (Wildman–Crippen LogP) is 4.72. The molecule has 0 aliphatic heterocycles. The largest absolute Gasteiger partial charge is 0.294 e. The lowest BCUT2D eigenvalue weighted by molar-refractivity contribution is 0.0964. The highest BCUT2D eigenvalue weighted by Gasteiger charge is 2.13. The summed E-state index contributed by atoms with van der Waals surface area (Å²) in [7, 11) is 0. The van der Waals surface area contributed by atoms with E-state index in [4.69, 9.17) is 11.6 Å². The Hall–Kier alpha value is -0.340. The summed E-state index contributed by atoms with van der Waals surface area (Å²) in [5.74, 6) is 0.541. The van der Waals surface area contributed by atoms with Gasteiger partial charge in [0.2, 0.25) is 0 Å². The van der Waals surface area contributed by atoms with Gasteiger partial charge in [0, 0.05) is 16.5 Å². The van der Waals surface area contributed by atoms with Crippen LogP contribution in [0.3, 0.4) is 0 Å². The first-order valence-electron chi connectivity index (χ1n) is 5.02. The quantitative estimate of drug-likeness (QED) is 0.733. The summed E-state index contributed by atoms with van der Waals surface area (Å²) in [6.45, 7) is 4.16. The molecule has 0 spiro atoms. The summed E-state index contributed by atoms with van der Waals surface area (Å²) in [6.07, 6.45) is 1.58. The fourth-order valence-electron chi connectivity index (χ4n) is 1.29. The highest BCUT2D eigenvalue weighted by Crippen LogP contribution is 2.23. The maximum absolute atomic E-state index is 11.8. The van der Waals surface area contributed by atoms with Crippen molar-refractivity contribution in [2.24, 2.45) is 5.92 Å². The van der Waals surface area contributed by atoms with Crippen LogP contribution in [-0.2, 0) is 0 Å². The van der Waals surface area contributed by atoms with Crippen LogP contribution < -0.4 is 0 Å². The molecule has 3 heteroatoms. The molecule has 15 heavy (non-hydrogen) atoms. The van der Waals surface area contributed by atoms with E-state index < -0.39 is 0 Å². The number of hydrogen-bond donors (Lipinski definition) is 0. The first-order chi connectivity index (χ1) is 7.04. The van der Waals surface area contributed by atoms with Gasteiger partial charge in [-0.05, 0) is 24.1 Å². The van der Waals surface area contributed by atoms with Gasteiger partial charge >= 0.3 is 0 Å². The molecule has 0 aliphatic carbocycles. The second-order valence-electron chi connectivity index (χ2n) is 3.76. The smallest absolute Gasteiger partial charge is 0.164 e. The molecule has 82 valence electrons. The molecule has 0 aliphatic rings. The van der Waals surface area contributed by atoms with Crippen molar-refractivity contribution in [2.75, 3.05) is 0 Å². The molecule has 0 amide bonds. The van der Waals surface area contributed by atoms with E-state index in [9.17, 15) is 4.79 Å². The van der Waals surface area contributed by atoms with E-state index in [-0.39, 0.29) is 5.78 Å². The fourth-order valence-corrected chi connectivity index (χ4v) is 2.07. The van der Waals surface area contributed by atoms with E-state index in [0.717, 1.165) is 10.9 Å². The second kappa shape index (κ2) is 5.66. The van der Waals surface area contributed by atoms with Gasteiger partial charge in [0.15, 0.2) is 5.78 Å². The highest BCUT2D eigenvalue weighted by molar-refractivity contribution is 9.10. The van der Waals surface area contributed by atoms with Crippen molar-refractivity contribution in [3.63, 3.8) is 0 Å². The van der Waals surface area contributed by atoms with Crippen molar-refractivity contribution >= 4 is 33.3 Å². The molecule has 0 saturated carbocycles. The number of carbonyl (C=O) groups excluding carboxylic acids is 1. The zero-order valence-electron chi connectivity index (χ0n) is 8.89. The molecule has 1 atom stereocenters. The highest BCUT2D eigenvalue weighted by atomic mass is 79.9. The van der Waals surface area contributed by atoms with Crippen molar-refractivity contribution in [3.05, 3.63) is 33.3 Å². The van der Waals surface area contributed by atoms with E-state index >= 15 is 0 Å². The van der Waals surface area contributed by atoms with Crippen LogP contribution in [0.5, 0.6) is 0 Å². The Labute approximate surface area is 104 Å². The summed E-state index contributed by atoms with van der Waals surface area (Å²) in [5, 5.41) is 0.526. The Kier molecular flexibility index (Phi) is 4.81. The molecule has 0 aromatic heterocycles. The van der Waals surface area contributed by atoms with Crippen LogP contribution in [0.15, 0.2) is 22.7 Å². The van der Waals surface area contributed by atoms with Crippen LogP contribution in [0.1, 0.15) is 37.0 Å². The molecular weight excluding hydrogens is 275 g/mol. The van der Waals surface area contributed by atoms with Gasteiger partial charge in [-0.15, -0.1) is 0 Å². The van der Waals surface area contributed by atoms with Gasteiger partial charge in [-0.2, -0.15) is 0 Å². The normalized spacial score (nSPS) is 12.5. The SMILES string of the molecule is CCC(C)CC(=O)c1ccc(Br)cc1Cl. The van der Waals surface area contributed by atoms with Gasteiger partial charge in [0.05, 0.1) is 5.02 Å². The standard InChI is InChI=1S/C12H14BrClO/c1-3-8(2)6-12(15)10-5-4-9(13)7-11(10)14/h4-5,7-8H,3,6H2,1-2H3. The summed E-state index contributed by atoms with van der Waals surface area (Å²) >= 11 is 9.31. The third-order valence-electron chi connectivity index (χ3n) is 2.46. The van der Waals surface area contributed by atoms with Crippen LogP contribution >= 0.6 is 27.5 Å². The Bertz CT molecular complexity index is 363. The molecular formula is C12H14BrClO. The number of hydrogen-bond acceptors (Lipinski definition) is 1. The lowest BCUT2D eigenvalue weighted by Crippen LogP contribution is -2.05. The van der Waals surface area contributed by atoms with E-state index in [1.165, 1.54) is 0 Å². The molecule has 0 saturated heterocycles. The number of Topliss-reactive ketones (excluding diaryl/α,β-unsaturated/α-hetero) is 1. The molecule has 1 aromatic carbocycles. The first kappa shape index (κ1) is 12.7. The summed E-state index contributed by atoms with van der Waals surface area (Å²) in [5.41, 5.74) is 0.625. The molecule has 1 nitrogen and oxygen atoms in total. The van der Waals surface area contributed by atoms with E-state index in [1.54, 1.807) is 12.1 Å². The van der Waals surface area contributed by atoms with Crippen molar-refractivity contribution in [3.8, 4) is 0 Å². The van der Waals surface area contributed by atoms with Gasteiger partial charge in [0.1, 0.15) is 0 Å². The molecule has 1 unspecified atom stereocenters. The minimum atomic E-state index is 0.127. The zero-order valence-corrected chi connectivity index (χ0v) is 11.2. The molecule has 1 aromatic rings. The Morgan fingerprint density at radius 3 is 2.73 bits per heavy atom. The maximum atomic E-state index is 11.8. The van der Waals surface area contributed by atoms with Crippen LogP contribution in [-0.4, -0.2) is 5.78 Å². The lowest BCUT2D eigenvalue weighted by Gasteiger charge is -2.08. The van der Waals surface area contributed by atoms with Gasteiger partial charge in [0.25, 0.3) is 0 Å². The van der Waals surface area contributed by atoms with E-state index in [1.807, 2.05) is 6.07 Å².